The Kier molecular flexibility index (Phi) is 3.67. The molecule has 1 amide bonds. The van der Waals surface area contributed by atoms with Gasteiger partial charge in [0, 0.05) is 44.2 Å². The molecule has 1 aromatic heterocycles. The van der Waals surface area contributed by atoms with E-state index in [-0.39, 0.29) is 17.2 Å². The van der Waals surface area contributed by atoms with Gasteiger partial charge in [0.05, 0.1) is 12.3 Å². The number of carbonyl (C=O) groups is 1. The number of carbonyl (C=O) groups excluding carboxylic acids is 1. The maximum Gasteiger partial charge on any atom is 0.230 e. The number of fused-ring (bicyclic) bond motifs is 2. The molecule has 2 aliphatic rings. The Hall–Kier alpha value is -2.56. The number of para-hydroxylation sites is 1. The molecule has 130 valence electrons. The number of anilines is 2. The van der Waals surface area contributed by atoms with Crippen molar-refractivity contribution in [1.29, 1.82) is 0 Å². The third-order valence-electron chi connectivity index (χ3n) is 5.48. The van der Waals surface area contributed by atoms with Crippen LogP contribution in [0.15, 0.2) is 42.6 Å². The zero-order valence-electron chi connectivity index (χ0n) is 14.9. The third kappa shape index (κ3) is 2.46. The predicted octanol–water partition coefficient (Wildman–Crippen LogP) is 2.85. The first-order valence-corrected chi connectivity index (χ1v) is 8.67. The van der Waals surface area contributed by atoms with Crippen molar-refractivity contribution >= 4 is 17.4 Å². The summed E-state index contributed by atoms with van der Waals surface area (Å²) in [6, 6.07) is 12.0. The minimum Gasteiger partial charge on any atom is -0.493 e. The Balaban J connectivity index is 1.62. The van der Waals surface area contributed by atoms with Crippen molar-refractivity contribution < 1.29 is 9.53 Å². The van der Waals surface area contributed by atoms with Gasteiger partial charge in [-0.05, 0) is 31.0 Å². The molecular weight excluding hydrogens is 314 g/mol. The van der Waals surface area contributed by atoms with Gasteiger partial charge in [-0.2, -0.15) is 0 Å². The van der Waals surface area contributed by atoms with E-state index >= 15 is 0 Å². The van der Waals surface area contributed by atoms with Gasteiger partial charge in [-0.15, -0.1) is 0 Å². The molecule has 1 saturated carbocycles. The van der Waals surface area contributed by atoms with Gasteiger partial charge >= 0.3 is 0 Å². The smallest absolute Gasteiger partial charge is 0.230 e. The zero-order valence-corrected chi connectivity index (χ0v) is 14.9. The van der Waals surface area contributed by atoms with E-state index in [1.807, 2.05) is 56.4 Å². The Morgan fingerprint density at radius 2 is 2.00 bits per heavy atom. The maximum absolute atomic E-state index is 13.2. The normalized spacial score (nSPS) is 23.6. The fraction of sp³-hybridized carbons (Fsp3) is 0.400. The lowest BCUT2D eigenvalue weighted by molar-refractivity contribution is -0.120. The molecule has 0 radical (unpaired) electrons. The summed E-state index contributed by atoms with van der Waals surface area (Å²) in [6.07, 6.45) is 3.56. The van der Waals surface area contributed by atoms with Crippen molar-refractivity contribution in [2.75, 3.05) is 37.5 Å². The highest BCUT2D eigenvalue weighted by atomic mass is 16.5. The number of aromatic nitrogens is 1. The van der Waals surface area contributed by atoms with Gasteiger partial charge in [0.1, 0.15) is 5.75 Å². The van der Waals surface area contributed by atoms with E-state index in [1.54, 1.807) is 11.1 Å². The first kappa shape index (κ1) is 15.9. The molecule has 25 heavy (non-hydrogen) atoms. The van der Waals surface area contributed by atoms with Crippen molar-refractivity contribution in [3.63, 3.8) is 0 Å². The molecule has 0 N–H and O–H groups in total. The monoisotopic (exact) mass is 337 g/mol. The minimum absolute atomic E-state index is 0.0118. The van der Waals surface area contributed by atoms with Crippen molar-refractivity contribution in [3.8, 4) is 5.75 Å². The molecule has 0 bridgehead atoms. The molecule has 1 aromatic carbocycles. The molecule has 5 heteroatoms. The molecule has 0 saturated heterocycles. The Morgan fingerprint density at radius 1 is 1.20 bits per heavy atom. The minimum atomic E-state index is -0.0549. The molecule has 1 spiro atoms. The van der Waals surface area contributed by atoms with Gasteiger partial charge in [0.15, 0.2) is 5.82 Å². The van der Waals surface area contributed by atoms with Crippen LogP contribution in [0.3, 0.4) is 0 Å². The van der Waals surface area contributed by atoms with E-state index in [0.29, 0.717) is 6.61 Å². The van der Waals surface area contributed by atoms with Crippen molar-refractivity contribution in [1.82, 2.24) is 4.98 Å². The molecule has 5 nitrogen and oxygen atoms in total. The first-order chi connectivity index (χ1) is 12.0. The van der Waals surface area contributed by atoms with Crippen LogP contribution in [0, 0.1) is 5.92 Å². The summed E-state index contributed by atoms with van der Waals surface area (Å²) in [5, 5.41) is 0. The molecule has 4 rings (SSSR count). The number of benzene rings is 1. The fourth-order valence-electron chi connectivity index (χ4n) is 4.03. The van der Waals surface area contributed by atoms with Crippen LogP contribution < -0.4 is 14.5 Å². The SMILES string of the molecule is CN(C)c1ncccc1N(C)C(=O)[C@H]1C[C@]12CCOc1ccccc12. The van der Waals surface area contributed by atoms with Crippen LogP contribution in [-0.2, 0) is 10.2 Å². The topological polar surface area (TPSA) is 45.7 Å². The number of pyridine rings is 1. The van der Waals surface area contributed by atoms with Gasteiger partial charge in [-0.3, -0.25) is 4.79 Å². The van der Waals surface area contributed by atoms with E-state index in [0.717, 1.165) is 30.1 Å². The van der Waals surface area contributed by atoms with Gasteiger partial charge in [0.25, 0.3) is 0 Å². The van der Waals surface area contributed by atoms with Gasteiger partial charge in [0.2, 0.25) is 5.91 Å². The summed E-state index contributed by atoms with van der Waals surface area (Å²) in [6.45, 7) is 0.681. The number of nitrogens with zero attached hydrogens (tertiary/aromatic N) is 3. The maximum atomic E-state index is 13.2. The van der Waals surface area contributed by atoms with Crippen LogP contribution >= 0.6 is 0 Å². The molecule has 2 aromatic rings. The predicted molar refractivity (Wildman–Crippen MR) is 98.3 cm³/mol. The fourth-order valence-corrected chi connectivity index (χ4v) is 4.03. The van der Waals surface area contributed by atoms with E-state index in [9.17, 15) is 4.79 Å². The molecule has 0 unspecified atom stereocenters. The molecule has 2 heterocycles. The average molecular weight is 337 g/mol. The largest absolute Gasteiger partial charge is 0.493 e. The van der Waals surface area contributed by atoms with Crippen molar-refractivity contribution in [3.05, 3.63) is 48.2 Å². The summed E-state index contributed by atoms with van der Waals surface area (Å²) in [5.74, 6) is 1.91. The van der Waals surface area contributed by atoms with Crippen LogP contribution in [0.4, 0.5) is 11.5 Å². The second-order valence-electron chi connectivity index (χ2n) is 7.15. The van der Waals surface area contributed by atoms with E-state index in [2.05, 4.69) is 11.1 Å². The summed E-state index contributed by atoms with van der Waals surface area (Å²) in [7, 11) is 5.73. The average Bonchev–Trinajstić information content (AvgIpc) is 3.35. The molecule has 1 aliphatic carbocycles. The second kappa shape index (κ2) is 5.76. The van der Waals surface area contributed by atoms with Crippen LogP contribution in [0.2, 0.25) is 0 Å². The van der Waals surface area contributed by atoms with Crippen LogP contribution in [0.1, 0.15) is 18.4 Å². The van der Waals surface area contributed by atoms with E-state index < -0.39 is 0 Å². The summed E-state index contributed by atoms with van der Waals surface area (Å²) in [5.41, 5.74) is 1.98. The van der Waals surface area contributed by atoms with Crippen molar-refractivity contribution in [2.24, 2.45) is 5.92 Å². The van der Waals surface area contributed by atoms with Crippen molar-refractivity contribution in [2.45, 2.75) is 18.3 Å². The summed E-state index contributed by atoms with van der Waals surface area (Å²) >= 11 is 0. The summed E-state index contributed by atoms with van der Waals surface area (Å²) < 4.78 is 5.78. The molecule has 1 fully saturated rings. The lowest BCUT2D eigenvalue weighted by Crippen LogP contribution is -2.33. The highest BCUT2D eigenvalue weighted by molar-refractivity contribution is 6.00. The Bertz CT molecular complexity index is 820. The molecule has 2 atom stereocenters. The highest BCUT2D eigenvalue weighted by Crippen LogP contribution is 2.61. The number of amides is 1. The Morgan fingerprint density at radius 3 is 2.80 bits per heavy atom. The standard InChI is InChI=1S/C20H23N3O2/c1-22(2)18-16(8-6-11-21-18)23(3)19(24)15-13-20(15)10-12-25-17-9-5-4-7-14(17)20/h4-9,11,15H,10,12-13H2,1-3H3/t15-,20+/m1/s1. The second-order valence-corrected chi connectivity index (χ2v) is 7.15. The molecule has 1 aliphatic heterocycles. The van der Waals surface area contributed by atoms with Crippen LogP contribution in [0.5, 0.6) is 5.75 Å². The Labute approximate surface area is 148 Å². The summed E-state index contributed by atoms with van der Waals surface area (Å²) in [4.78, 5) is 21.3. The number of rotatable bonds is 3. The highest BCUT2D eigenvalue weighted by Gasteiger charge is 2.61. The number of hydrogen-bond acceptors (Lipinski definition) is 4. The number of hydrogen-bond donors (Lipinski definition) is 0. The van der Waals surface area contributed by atoms with Gasteiger partial charge in [-0.25, -0.2) is 4.98 Å². The van der Waals surface area contributed by atoms with Crippen LogP contribution in [-0.4, -0.2) is 38.6 Å². The zero-order chi connectivity index (χ0) is 17.6. The van der Waals surface area contributed by atoms with Gasteiger partial charge in [-0.1, -0.05) is 18.2 Å². The van der Waals surface area contributed by atoms with E-state index in [1.165, 1.54) is 5.56 Å². The van der Waals surface area contributed by atoms with Gasteiger partial charge < -0.3 is 14.5 Å². The molecular formula is C20H23N3O2. The lowest BCUT2D eigenvalue weighted by Gasteiger charge is -2.28. The van der Waals surface area contributed by atoms with Crippen LogP contribution in [0.25, 0.3) is 0 Å². The number of ether oxygens (including phenoxy) is 1. The lowest BCUT2D eigenvalue weighted by atomic mass is 9.87. The third-order valence-corrected chi connectivity index (χ3v) is 5.48. The van der Waals surface area contributed by atoms with E-state index in [4.69, 9.17) is 4.74 Å². The first-order valence-electron chi connectivity index (χ1n) is 8.67. The quantitative estimate of drug-likeness (QED) is 0.864.